The third-order valence-electron chi connectivity index (χ3n) is 6.35. The molecule has 0 spiro atoms. The molecule has 0 saturated heterocycles. The molecule has 0 aliphatic carbocycles. The fourth-order valence-electron chi connectivity index (χ4n) is 4.29. The van der Waals surface area contributed by atoms with Gasteiger partial charge in [-0.3, -0.25) is 9.69 Å². The Morgan fingerprint density at radius 3 is 2.36 bits per heavy atom. The van der Waals surface area contributed by atoms with E-state index >= 15 is 0 Å². The fraction of sp³-hybridized carbons (Fsp3) is 0.321. The molecule has 4 nitrogen and oxygen atoms in total. The van der Waals surface area contributed by atoms with Crippen molar-refractivity contribution >= 4 is 17.3 Å². The van der Waals surface area contributed by atoms with Crippen molar-refractivity contribution in [2.24, 2.45) is 0 Å². The molecule has 1 heterocycles. The van der Waals surface area contributed by atoms with Crippen molar-refractivity contribution in [3.63, 3.8) is 0 Å². The number of methoxy groups -OCH3 is 1. The summed E-state index contributed by atoms with van der Waals surface area (Å²) < 4.78 is 60.1. The lowest BCUT2D eigenvalue weighted by molar-refractivity contribution is -0.137. The molecule has 0 N–H and O–H groups in total. The molecule has 0 radical (unpaired) electrons. The highest BCUT2D eigenvalue weighted by atomic mass is 19.4. The minimum Gasteiger partial charge on any atom is -0.497 e. The van der Waals surface area contributed by atoms with Crippen molar-refractivity contribution in [2.75, 3.05) is 12.0 Å². The van der Waals surface area contributed by atoms with Crippen molar-refractivity contribution in [3.8, 4) is 0 Å². The van der Waals surface area contributed by atoms with E-state index in [2.05, 4.69) is 0 Å². The Labute approximate surface area is 209 Å². The maximum atomic E-state index is 13.9. The maximum absolute atomic E-state index is 13.9. The number of carbonyl (C=O) groups is 1. The van der Waals surface area contributed by atoms with Crippen LogP contribution in [0.3, 0.4) is 0 Å². The van der Waals surface area contributed by atoms with Gasteiger partial charge in [-0.2, -0.15) is 13.2 Å². The average molecular weight is 503 g/mol. The van der Waals surface area contributed by atoms with Crippen molar-refractivity contribution in [2.45, 2.75) is 53.4 Å². The van der Waals surface area contributed by atoms with E-state index in [1.54, 1.807) is 51.0 Å². The molecule has 192 valence electrons. The van der Waals surface area contributed by atoms with Crippen LogP contribution in [0, 0.1) is 12.7 Å². The molecule has 0 saturated carbocycles. The molecule has 2 aromatic carbocycles. The molecule has 1 aliphatic rings. The summed E-state index contributed by atoms with van der Waals surface area (Å²) in [5, 5.41) is 0. The second-order valence-corrected chi connectivity index (χ2v) is 8.59. The van der Waals surface area contributed by atoms with Crippen LogP contribution in [0.4, 0.5) is 28.9 Å². The van der Waals surface area contributed by atoms with E-state index in [9.17, 15) is 22.4 Å². The molecular weight excluding hydrogens is 472 g/mol. The zero-order chi connectivity index (χ0) is 26.8. The number of benzene rings is 2. The number of hydrogen-bond donors (Lipinski definition) is 0. The van der Waals surface area contributed by atoms with Crippen LogP contribution >= 0.6 is 0 Å². The maximum Gasteiger partial charge on any atom is 0.416 e. The molecule has 0 aromatic heterocycles. The molecule has 0 fully saturated rings. The van der Waals surface area contributed by atoms with Gasteiger partial charge in [-0.05, 0) is 93.8 Å². The van der Waals surface area contributed by atoms with E-state index in [1.807, 2.05) is 13.8 Å². The van der Waals surface area contributed by atoms with E-state index in [-0.39, 0.29) is 11.3 Å². The number of rotatable bonds is 6. The predicted octanol–water partition coefficient (Wildman–Crippen LogP) is 7.88. The first-order chi connectivity index (χ1) is 16.9. The van der Waals surface area contributed by atoms with Crippen LogP contribution in [0.25, 0.3) is 0 Å². The van der Waals surface area contributed by atoms with Crippen molar-refractivity contribution in [1.82, 2.24) is 4.90 Å². The van der Waals surface area contributed by atoms with Gasteiger partial charge in [0, 0.05) is 11.4 Å². The highest BCUT2D eigenvalue weighted by Gasteiger charge is 2.40. The SMILES string of the molecule is C\C=C(/C=C\C(OC)=C(/C)CC)N1C(=O)c2ccc(C(F)(F)F)cc2N(c2ccc(F)cc2C)C1C. The Morgan fingerprint density at radius 1 is 1.11 bits per heavy atom. The summed E-state index contributed by atoms with van der Waals surface area (Å²) in [4.78, 5) is 16.8. The molecule has 1 aliphatic heterocycles. The largest absolute Gasteiger partial charge is 0.497 e. The number of alkyl halides is 3. The predicted molar refractivity (Wildman–Crippen MR) is 133 cm³/mol. The summed E-state index contributed by atoms with van der Waals surface area (Å²) in [6.45, 7) is 9.13. The van der Waals surface area contributed by atoms with Crippen LogP contribution in [0.1, 0.15) is 55.6 Å². The summed E-state index contributed by atoms with van der Waals surface area (Å²) in [6, 6.07) is 7.16. The van der Waals surface area contributed by atoms with Gasteiger partial charge in [0.05, 0.1) is 23.9 Å². The van der Waals surface area contributed by atoms with Gasteiger partial charge in [0.1, 0.15) is 17.7 Å². The Hall–Kier alpha value is -3.55. The number of carbonyl (C=O) groups excluding carboxylic acids is 1. The number of allylic oxidation sites excluding steroid dienone is 4. The van der Waals surface area contributed by atoms with E-state index in [1.165, 1.54) is 29.2 Å². The van der Waals surface area contributed by atoms with E-state index in [4.69, 9.17) is 4.74 Å². The van der Waals surface area contributed by atoms with Gasteiger partial charge in [0.25, 0.3) is 5.91 Å². The Bertz CT molecular complexity index is 1240. The molecule has 0 bridgehead atoms. The van der Waals surface area contributed by atoms with Crippen LogP contribution in [0.5, 0.6) is 0 Å². The summed E-state index contributed by atoms with van der Waals surface area (Å²) in [5.41, 5.74) is 1.96. The second-order valence-electron chi connectivity index (χ2n) is 8.59. The lowest BCUT2D eigenvalue weighted by Gasteiger charge is -2.45. The third-order valence-corrected chi connectivity index (χ3v) is 6.35. The summed E-state index contributed by atoms with van der Waals surface area (Å²) in [6.07, 6.45) is 0.755. The van der Waals surface area contributed by atoms with Crippen molar-refractivity contribution < 1.29 is 27.1 Å². The van der Waals surface area contributed by atoms with Gasteiger partial charge in [0.15, 0.2) is 0 Å². The third kappa shape index (κ3) is 5.17. The number of ether oxygens (including phenoxy) is 1. The van der Waals surface area contributed by atoms with E-state index in [0.717, 1.165) is 24.1 Å². The Morgan fingerprint density at radius 2 is 1.81 bits per heavy atom. The molecule has 36 heavy (non-hydrogen) atoms. The van der Waals surface area contributed by atoms with E-state index in [0.29, 0.717) is 22.7 Å². The highest BCUT2D eigenvalue weighted by molar-refractivity contribution is 6.04. The van der Waals surface area contributed by atoms with Gasteiger partial charge in [-0.25, -0.2) is 4.39 Å². The first-order valence-electron chi connectivity index (χ1n) is 11.6. The number of nitrogens with zero attached hydrogens (tertiary/aromatic N) is 2. The number of aryl methyl sites for hydroxylation is 1. The number of halogens is 4. The van der Waals surface area contributed by atoms with Crippen LogP contribution < -0.4 is 4.90 Å². The highest BCUT2D eigenvalue weighted by Crippen LogP contribution is 2.43. The molecule has 1 amide bonds. The molecule has 2 aromatic rings. The number of amides is 1. The monoisotopic (exact) mass is 502 g/mol. The normalized spacial score (nSPS) is 17.4. The Kier molecular flexibility index (Phi) is 7.96. The first kappa shape index (κ1) is 27.0. The molecule has 1 atom stereocenters. The van der Waals surface area contributed by atoms with Crippen molar-refractivity contribution in [1.29, 1.82) is 0 Å². The molecule has 8 heteroatoms. The molecule has 1 unspecified atom stereocenters. The zero-order valence-corrected chi connectivity index (χ0v) is 21.2. The molecule has 3 rings (SSSR count). The Balaban J connectivity index is 2.22. The van der Waals surface area contributed by atoms with Gasteiger partial charge < -0.3 is 9.64 Å². The van der Waals surface area contributed by atoms with Crippen LogP contribution in [-0.2, 0) is 10.9 Å². The standard InChI is InChI=1S/C28H30F4N2O2/c1-7-17(3)26(36-6)14-11-22(8-2)33-19(5)34(24-13-10-21(29)15-18(24)4)25-16-20(28(30,31)32)9-12-23(25)27(33)35/h8-16,19H,7H2,1-6H3/b14-11-,22-8+,26-17-. The lowest BCUT2D eigenvalue weighted by atomic mass is 9.99. The minimum atomic E-state index is -4.58. The topological polar surface area (TPSA) is 32.8 Å². The quantitative estimate of drug-likeness (QED) is 0.229. The number of fused-ring (bicyclic) bond motifs is 1. The second kappa shape index (κ2) is 10.6. The summed E-state index contributed by atoms with van der Waals surface area (Å²) >= 11 is 0. The van der Waals surface area contributed by atoms with Crippen LogP contribution in [0.15, 0.2) is 71.7 Å². The fourth-order valence-corrected chi connectivity index (χ4v) is 4.29. The van der Waals surface area contributed by atoms with Gasteiger partial charge >= 0.3 is 6.18 Å². The van der Waals surface area contributed by atoms with Crippen molar-refractivity contribution in [3.05, 3.63) is 94.2 Å². The number of anilines is 2. The summed E-state index contributed by atoms with van der Waals surface area (Å²) in [7, 11) is 1.57. The lowest BCUT2D eigenvalue weighted by Crippen LogP contribution is -2.51. The zero-order valence-electron chi connectivity index (χ0n) is 21.2. The smallest absolute Gasteiger partial charge is 0.416 e. The number of hydrogen-bond acceptors (Lipinski definition) is 3. The first-order valence-corrected chi connectivity index (χ1v) is 11.6. The van der Waals surface area contributed by atoms with Crippen LogP contribution in [-0.4, -0.2) is 24.1 Å². The van der Waals surface area contributed by atoms with Gasteiger partial charge in [0.2, 0.25) is 0 Å². The summed E-state index contributed by atoms with van der Waals surface area (Å²) in [5.74, 6) is -0.231. The average Bonchev–Trinajstić information content (AvgIpc) is 2.83. The van der Waals surface area contributed by atoms with E-state index < -0.39 is 29.6 Å². The van der Waals surface area contributed by atoms with Crippen LogP contribution in [0.2, 0.25) is 0 Å². The molecular formula is C28H30F4N2O2. The van der Waals surface area contributed by atoms with Gasteiger partial charge in [-0.1, -0.05) is 13.0 Å². The van der Waals surface area contributed by atoms with Gasteiger partial charge in [-0.15, -0.1) is 0 Å². The minimum absolute atomic E-state index is 0.116.